The summed E-state index contributed by atoms with van der Waals surface area (Å²) in [6, 6.07) is 1.80. The maximum Gasteiger partial charge on any atom is 0.134 e. The molecule has 1 aromatic rings. The third-order valence-corrected chi connectivity index (χ3v) is 2.20. The molecule has 0 amide bonds. The molecule has 1 aromatic heterocycles. The summed E-state index contributed by atoms with van der Waals surface area (Å²) in [5.74, 6) is 0.795. The van der Waals surface area contributed by atoms with Gasteiger partial charge in [-0.25, -0.2) is 0 Å². The van der Waals surface area contributed by atoms with E-state index >= 15 is 0 Å². The van der Waals surface area contributed by atoms with E-state index < -0.39 is 0 Å². The van der Waals surface area contributed by atoms with Gasteiger partial charge in [-0.15, -0.1) is 0 Å². The molecule has 0 radical (unpaired) electrons. The van der Waals surface area contributed by atoms with Crippen molar-refractivity contribution in [1.29, 1.82) is 0 Å². The Kier molecular flexibility index (Phi) is 3.09. The number of pyridine rings is 1. The van der Waals surface area contributed by atoms with Gasteiger partial charge in [-0.3, -0.25) is 4.98 Å². The highest BCUT2D eigenvalue weighted by atomic mass is 16.3. The summed E-state index contributed by atoms with van der Waals surface area (Å²) in [7, 11) is 0. The van der Waals surface area contributed by atoms with Crippen LogP contribution in [0.15, 0.2) is 18.5 Å². The summed E-state index contributed by atoms with van der Waals surface area (Å²) in [6.07, 6.45) is 5.49. The quantitative estimate of drug-likeness (QED) is 0.747. The average molecular weight is 165 g/mol. The van der Waals surface area contributed by atoms with E-state index in [1.54, 1.807) is 6.07 Å². The molecule has 0 spiro atoms. The Balaban J connectivity index is 2.85. The molecular weight excluding hydrogens is 150 g/mol. The highest BCUT2D eigenvalue weighted by Gasteiger charge is 2.06. The van der Waals surface area contributed by atoms with Crippen molar-refractivity contribution in [3.05, 3.63) is 24.0 Å². The number of aromatic nitrogens is 1. The molecule has 0 aliphatic rings. The molecule has 0 atom stereocenters. The zero-order valence-corrected chi connectivity index (χ0v) is 7.62. The minimum atomic E-state index is 0.263. The first-order chi connectivity index (χ1) is 5.77. The highest BCUT2D eigenvalue weighted by molar-refractivity contribution is 5.24. The van der Waals surface area contributed by atoms with Crippen molar-refractivity contribution < 1.29 is 5.11 Å². The maximum absolute atomic E-state index is 9.19. The van der Waals surface area contributed by atoms with Gasteiger partial charge < -0.3 is 5.11 Å². The molecule has 0 aliphatic carbocycles. The molecule has 0 bridgehead atoms. The number of aromatic hydroxyl groups is 1. The first kappa shape index (κ1) is 9.04. The molecule has 2 heteroatoms. The number of rotatable bonds is 3. The third-order valence-electron chi connectivity index (χ3n) is 2.20. The molecule has 0 aromatic carbocycles. The van der Waals surface area contributed by atoms with Crippen LogP contribution in [0.3, 0.4) is 0 Å². The lowest BCUT2D eigenvalue weighted by molar-refractivity contribution is 0.470. The standard InChI is InChI=1S/C10H15NO/c1-3-8(4-2)9-5-10(12)7-11-6-9/h5-8,12H,3-4H2,1-2H3. The zero-order valence-electron chi connectivity index (χ0n) is 7.62. The van der Waals surface area contributed by atoms with Crippen molar-refractivity contribution in [3.8, 4) is 5.75 Å². The van der Waals surface area contributed by atoms with E-state index in [1.807, 2.05) is 6.20 Å². The van der Waals surface area contributed by atoms with Crippen molar-refractivity contribution in [2.75, 3.05) is 0 Å². The van der Waals surface area contributed by atoms with Gasteiger partial charge in [0.2, 0.25) is 0 Å². The lowest BCUT2D eigenvalue weighted by Gasteiger charge is -2.11. The molecule has 0 unspecified atom stereocenters. The van der Waals surface area contributed by atoms with Gasteiger partial charge in [-0.1, -0.05) is 13.8 Å². The van der Waals surface area contributed by atoms with Gasteiger partial charge in [-0.2, -0.15) is 0 Å². The topological polar surface area (TPSA) is 33.1 Å². The van der Waals surface area contributed by atoms with Gasteiger partial charge in [0.25, 0.3) is 0 Å². The van der Waals surface area contributed by atoms with Crippen molar-refractivity contribution in [2.24, 2.45) is 0 Å². The summed E-state index contributed by atoms with van der Waals surface area (Å²) < 4.78 is 0. The fourth-order valence-corrected chi connectivity index (χ4v) is 1.43. The minimum absolute atomic E-state index is 0.263. The second-order valence-corrected chi connectivity index (χ2v) is 2.99. The lowest BCUT2D eigenvalue weighted by atomic mass is 9.95. The molecule has 0 saturated heterocycles. The maximum atomic E-state index is 9.19. The van der Waals surface area contributed by atoms with Crippen LogP contribution in [0.1, 0.15) is 38.2 Å². The molecule has 2 nitrogen and oxygen atoms in total. The smallest absolute Gasteiger partial charge is 0.134 e. The Morgan fingerprint density at radius 3 is 2.50 bits per heavy atom. The van der Waals surface area contributed by atoms with Crippen LogP contribution in [0.2, 0.25) is 0 Å². The predicted octanol–water partition coefficient (Wildman–Crippen LogP) is 2.69. The summed E-state index contributed by atoms with van der Waals surface area (Å²) in [5, 5.41) is 9.19. The van der Waals surface area contributed by atoms with E-state index in [0.29, 0.717) is 5.92 Å². The second kappa shape index (κ2) is 4.10. The number of hydrogen-bond donors (Lipinski definition) is 1. The molecule has 1 heterocycles. The van der Waals surface area contributed by atoms with E-state index in [4.69, 9.17) is 0 Å². The largest absolute Gasteiger partial charge is 0.506 e. The first-order valence-electron chi connectivity index (χ1n) is 4.41. The van der Waals surface area contributed by atoms with Crippen molar-refractivity contribution >= 4 is 0 Å². The Hall–Kier alpha value is -1.05. The summed E-state index contributed by atoms with van der Waals surface area (Å²) >= 11 is 0. The summed E-state index contributed by atoms with van der Waals surface area (Å²) in [5.41, 5.74) is 1.14. The third kappa shape index (κ3) is 1.97. The van der Waals surface area contributed by atoms with E-state index in [0.717, 1.165) is 18.4 Å². The van der Waals surface area contributed by atoms with E-state index in [-0.39, 0.29) is 5.75 Å². The monoisotopic (exact) mass is 165 g/mol. The van der Waals surface area contributed by atoms with Gasteiger partial charge in [0.05, 0.1) is 6.20 Å². The molecular formula is C10H15NO. The van der Waals surface area contributed by atoms with Crippen LogP contribution in [0.4, 0.5) is 0 Å². The van der Waals surface area contributed by atoms with Crippen molar-refractivity contribution in [2.45, 2.75) is 32.6 Å². The van der Waals surface area contributed by atoms with Crippen LogP contribution in [0.25, 0.3) is 0 Å². The van der Waals surface area contributed by atoms with Crippen LogP contribution < -0.4 is 0 Å². The first-order valence-corrected chi connectivity index (χ1v) is 4.41. The van der Waals surface area contributed by atoms with E-state index in [9.17, 15) is 5.11 Å². The fraction of sp³-hybridized carbons (Fsp3) is 0.500. The molecule has 1 N–H and O–H groups in total. The average Bonchev–Trinajstić information content (AvgIpc) is 2.07. The van der Waals surface area contributed by atoms with Gasteiger partial charge in [0.15, 0.2) is 0 Å². The van der Waals surface area contributed by atoms with Crippen LogP contribution in [-0.4, -0.2) is 10.1 Å². The Morgan fingerprint density at radius 1 is 1.33 bits per heavy atom. The number of hydrogen-bond acceptors (Lipinski definition) is 2. The fourth-order valence-electron chi connectivity index (χ4n) is 1.43. The predicted molar refractivity (Wildman–Crippen MR) is 49.2 cm³/mol. The highest BCUT2D eigenvalue weighted by Crippen LogP contribution is 2.24. The van der Waals surface area contributed by atoms with Gasteiger partial charge in [0, 0.05) is 6.20 Å². The van der Waals surface area contributed by atoms with E-state index in [1.165, 1.54) is 6.20 Å². The summed E-state index contributed by atoms with van der Waals surface area (Å²) in [6.45, 7) is 4.30. The molecule has 1 rings (SSSR count). The Morgan fingerprint density at radius 2 is 2.00 bits per heavy atom. The van der Waals surface area contributed by atoms with Crippen LogP contribution in [0, 0.1) is 0 Å². The van der Waals surface area contributed by atoms with Gasteiger partial charge in [0.1, 0.15) is 5.75 Å². The van der Waals surface area contributed by atoms with Crippen molar-refractivity contribution in [3.63, 3.8) is 0 Å². The minimum Gasteiger partial charge on any atom is -0.506 e. The SMILES string of the molecule is CCC(CC)c1cncc(O)c1. The van der Waals surface area contributed by atoms with E-state index in [2.05, 4.69) is 18.8 Å². The summed E-state index contributed by atoms with van der Waals surface area (Å²) in [4.78, 5) is 3.95. The molecule has 0 fully saturated rings. The molecule has 0 aliphatic heterocycles. The normalized spacial score (nSPS) is 10.6. The zero-order chi connectivity index (χ0) is 8.97. The van der Waals surface area contributed by atoms with Crippen LogP contribution in [0.5, 0.6) is 5.75 Å². The Labute approximate surface area is 73.3 Å². The lowest BCUT2D eigenvalue weighted by Crippen LogP contribution is -1.95. The second-order valence-electron chi connectivity index (χ2n) is 2.99. The van der Waals surface area contributed by atoms with Gasteiger partial charge in [-0.05, 0) is 30.4 Å². The van der Waals surface area contributed by atoms with Crippen molar-refractivity contribution in [1.82, 2.24) is 4.98 Å². The molecule has 12 heavy (non-hydrogen) atoms. The van der Waals surface area contributed by atoms with Crippen LogP contribution >= 0.6 is 0 Å². The van der Waals surface area contributed by atoms with Crippen LogP contribution in [-0.2, 0) is 0 Å². The molecule has 66 valence electrons. The Bertz CT molecular complexity index is 243. The van der Waals surface area contributed by atoms with Gasteiger partial charge >= 0.3 is 0 Å². The molecule has 0 saturated carbocycles. The number of nitrogens with zero attached hydrogens (tertiary/aromatic N) is 1.